The van der Waals surface area contributed by atoms with Gasteiger partial charge in [-0.05, 0) is 63.4 Å². The molecule has 0 aliphatic carbocycles. The molecule has 0 radical (unpaired) electrons. The Morgan fingerprint density at radius 2 is 1.68 bits per heavy atom. The van der Waals surface area contributed by atoms with E-state index in [1.807, 2.05) is 20.8 Å². The van der Waals surface area contributed by atoms with Gasteiger partial charge in [-0.1, -0.05) is 53.9 Å². The second-order valence-electron chi connectivity index (χ2n) is 9.18. The summed E-state index contributed by atoms with van der Waals surface area (Å²) in [6.45, 7) is 7.43. The molecule has 204 valence electrons. The third-order valence-corrected chi connectivity index (χ3v) is 7.92. The minimum atomic E-state index is -3.63. The van der Waals surface area contributed by atoms with Crippen LogP contribution in [0.15, 0.2) is 36.4 Å². The third-order valence-electron chi connectivity index (χ3n) is 5.80. The molecule has 0 unspecified atom stereocenters. The number of nitrogens with one attached hydrogen (secondary N) is 1. The van der Waals surface area contributed by atoms with Crippen LogP contribution in [0.5, 0.6) is 0 Å². The number of sulfonamides is 1. The van der Waals surface area contributed by atoms with Gasteiger partial charge in [0.25, 0.3) is 0 Å². The van der Waals surface area contributed by atoms with Crippen molar-refractivity contribution in [1.82, 2.24) is 10.2 Å². The van der Waals surface area contributed by atoms with Crippen molar-refractivity contribution >= 4 is 62.3 Å². The van der Waals surface area contributed by atoms with Gasteiger partial charge in [-0.25, -0.2) is 8.42 Å². The summed E-state index contributed by atoms with van der Waals surface area (Å²) in [6, 6.07) is 9.24. The van der Waals surface area contributed by atoms with Gasteiger partial charge in [0.1, 0.15) is 6.04 Å². The van der Waals surface area contributed by atoms with Crippen LogP contribution in [0.2, 0.25) is 15.1 Å². The molecular weight excluding hydrogens is 557 g/mol. The van der Waals surface area contributed by atoms with E-state index in [2.05, 4.69) is 5.32 Å². The summed E-state index contributed by atoms with van der Waals surface area (Å²) in [5, 5.41) is 4.07. The number of hydrogen-bond acceptors (Lipinski definition) is 4. The molecule has 0 spiro atoms. The summed E-state index contributed by atoms with van der Waals surface area (Å²) in [4.78, 5) is 28.0. The van der Waals surface area contributed by atoms with Crippen molar-refractivity contribution in [3.05, 3.63) is 62.6 Å². The van der Waals surface area contributed by atoms with Crippen molar-refractivity contribution < 1.29 is 18.0 Å². The van der Waals surface area contributed by atoms with Crippen LogP contribution < -0.4 is 9.62 Å². The summed E-state index contributed by atoms with van der Waals surface area (Å²) < 4.78 is 26.4. The highest BCUT2D eigenvalue weighted by Crippen LogP contribution is 2.29. The average Bonchev–Trinajstić information content (AvgIpc) is 2.79. The summed E-state index contributed by atoms with van der Waals surface area (Å²) in [7, 11) is -3.63. The van der Waals surface area contributed by atoms with Gasteiger partial charge < -0.3 is 10.2 Å². The third kappa shape index (κ3) is 8.77. The van der Waals surface area contributed by atoms with Crippen molar-refractivity contribution in [3.63, 3.8) is 0 Å². The van der Waals surface area contributed by atoms with Crippen LogP contribution in [-0.4, -0.2) is 50.0 Å². The van der Waals surface area contributed by atoms with E-state index in [1.54, 1.807) is 43.3 Å². The highest BCUT2D eigenvalue weighted by Gasteiger charge is 2.30. The molecule has 0 aliphatic heterocycles. The van der Waals surface area contributed by atoms with Crippen molar-refractivity contribution in [2.24, 2.45) is 0 Å². The van der Waals surface area contributed by atoms with E-state index in [0.717, 1.165) is 11.8 Å². The number of carbonyl (C=O) groups excluding carboxylic acids is 2. The molecular formula is C26H34Cl3N3O4S. The molecule has 0 heterocycles. The number of hydrogen-bond donors (Lipinski definition) is 1. The van der Waals surface area contributed by atoms with Crippen LogP contribution in [0.1, 0.15) is 51.2 Å². The van der Waals surface area contributed by atoms with E-state index in [9.17, 15) is 18.0 Å². The lowest BCUT2D eigenvalue weighted by atomic mass is 10.1. The molecule has 1 N–H and O–H groups in total. The fraction of sp³-hybridized carbons (Fsp3) is 0.462. The molecule has 0 aromatic heterocycles. The van der Waals surface area contributed by atoms with E-state index in [-0.39, 0.29) is 43.8 Å². The van der Waals surface area contributed by atoms with E-state index in [4.69, 9.17) is 34.8 Å². The van der Waals surface area contributed by atoms with Crippen molar-refractivity contribution in [3.8, 4) is 0 Å². The molecule has 0 fully saturated rings. The lowest BCUT2D eigenvalue weighted by molar-refractivity contribution is -0.141. The van der Waals surface area contributed by atoms with Gasteiger partial charge in [0.05, 0.1) is 11.9 Å². The summed E-state index contributed by atoms with van der Waals surface area (Å²) in [5.41, 5.74) is 1.75. The van der Waals surface area contributed by atoms with Crippen LogP contribution in [0.25, 0.3) is 0 Å². The van der Waals surface area contributed by atoms with Crippen LogP contribution in [-0.2, 0) is 26.2 Å². The molecule has 0 aliphatic rings. The molecule has 2 rings (SSSR count). The fourth-order valence-corrected chi connectivity index (χ4v) is 5.69. The molecule has 2 aromatic carbocycles. The molecule has 0 saturated heterocycles. The lowest BCUT2D eigenvalue weighted by Gasteiger charge is -2.32. The number of benzene rings is 2. The smallest absolute Gasteiger partial charge is 0.243 e. The van der Waals surface area contributed by atoms with Gasteiger partial charge in [-0.15, -0.1) is 0 Å². The number of halogens is 3. The first-order chi connectivity index (χ1) is 17.3. The van der Waals surface area contributed by atoms with Gasteiger partial charge in [-0.2, -0.15) is 0 Å². The number of nitrogens with zero attached hydrogens (tertiary/aromatic N) is 2. The Labute approximate surface area is 235 Å². The zero-order chi connectivity index (χ0) is 27.9. The minimum Gasteiger partial charge on any atom is -0.352 e. The maximum atomic E-state index is 13.5. The van der Waals surface area contributed by atoms with Gasteiger partial charge in [0.2, 0.25) is 21.8 Å². The highest BCUT2D eigenvalue weighted by molar-refractivity contribution is 7.92. The van der Waals surface area contributed by atoms with E-state index >= 15 is 0 Å². The average molecular weight is 591 g/mol. The Morgan fingerprint density at radius 3 is 2.22 bits per heavy atom. The maximum absolute atomic E-state index is 13.5. The largest absolute Gasteiger partial charge is 0.352 e. The number of carbonyl (C=O) groups is 2. The zero-order valence-electron chi connectivity index (χ0n) is 21.7. The number of rotatable bonds is 12. The SMILES string of the molecule is CC[C@@H](C(=O)NC(C)C)N(Cc1c(Cl)cccc1Cl)C(=O)CCCN(c1cc(Cl)ccc1C)S(C)(=O)=O. The normalized spacial score (nSPS) is 12.4. The van der Waals surface area contributed by atoms with E-state index in [0.29, 0.717) is 32.7 Å². The Hall–Kier alpha value is -2.00. The van der Waals surface area contributed by atoms with Crippen LogP contribution in [0.4, 0.5) is 5.69 Å². The quantitative estimate of drug-likeness (QED) is 0.337. The van der Waals surface area contributed by atoms with E-state index in [1.165, 1.54) is 9.21 Å². The summed E-state index contributed by atoms with van der Waals surface area (Å²) in [5.74, 6) is -0.584. The second-order valence-corrected chi connectivity index (χ2v) is 12.3. The van der Waals surface area contributed by atoms with Crippen LogP contribution in [0.3, 0.4) is 0 Å². The first-order valence-electron chi connectivity index (χ1n) is 12.0. The first kappa shape index (κ1) is 31.2. The molecule has 2 aromatic rings. The Kier molecular flexibility index (Phi) is 11.6. The highest BCUT2D eigenvalue weighted by atomic mass is 35.5. The monoisotopic (exact) mass is 589 g/mol. The van der Waals surface area contributed by atoms with Crippen molar-refractivity contribution in [2.45, 2.75) is 65.6 Å². The Morgan fingerprint density at radius 1 is 1.05 bits per heavy atom. The summed E-state index contributed by atoms with van der Waals surface area (Å²) >= 11 is 18.9. The minimum absolute atomic E-state index is 0.0131. The van der Waals surface area contributed by atoms with Crippen molar-refractivity contribution in [1.29, 1.82) is 0 Å². The molecule has 0 bridgehead atoms. The maximum Gasteiger partial charge on any atom is 0.243 e. The molecule has 0 saturated carbocycles. The fourth-order valence-electron chi connectivity index (χ4n) is 3.99. The molecule has 2 amide bonds. The molecule has 11 heteroatoms. The molecule has 37 heavy (non-hydrogen) atoms. The molecule has 1 atom stereocenters. The number of anilines is 1. The second kappa shape index (κ2) is 13.7. The zero-order valence-corrected chi connectivity index (χ0v) is 24.8. The van der Waals surface area contributed by atoms with Gasteiger partial charge in [-0.3, -0.25) is 13.9 Å². The van der Waals surface area contributed by atoms with Crippen LogP contribution in [0, 0.1) is 6.92 Å². The summed E-state index contributed by atoms with van der Waals surface area (Å²) in [6.07, 6.45) is 1.74. The van der Waals surface area contributed by atoms with Gasteiger partial charge in [0.15, 0.2) is 0 Å². The lowest BCUT2D eigenvalue weighted by Crippen LogP contribution is -2.50. The predicted octanol–water partition coefficient (Wildman–Crippen LogP) is 5.83. The van der Waals surface area contributed by atoms with Crippen molar-refractivity contribution in [2.75, 3.05) is 17.1 Å². The standard InChI is InChI=1S/C26H34Cl3N3O4S/c1-6-23(26(34)30-17(2)3)31(16-20-21(28)9-7-10-22(20)29)25(33)11-8-14-32(37(5,35)36)24-15-19(27)13-12-18(24)4/h7,9-10,12-13,15,17,23H,6,8,11,14,16H2,1-5H3,(H,30,34)/t23-/m0/s1. The van der Waals surface area contributed by atoms with Crippen LogP contribution >= 0.6 is 34.8 Å². The predicted molar refractivity (Wildman–Crippen MR) is 152 cm³/mol. The van der Waals surface area contributed by atoms with Gasteiger partial charge >= 0.3 is 0 Å². The van der Waals surface area contributed by atoms with E-state index < -0.39 is 16.1 Å². The Bertz CT molecular complexity index is 1200. The van der Waals surface area contributed by atoms with Gasteiger partial charge in [0, 0.05) is 46.2 Å². The topological polar surface area (TPSA) is 86.8 Å². The number of amides is 2. The number of aryl methyl sites for hydroxylation is 1. The Balaban J connectivity index is 2.31. The first-order valence-corrected chi connectivity index (χ1v) is 15.0. The molecule has 7 nitrogen and oxygen atoms in total.